The SMILES string of the molecule is O=[N+]([O-])c1cccc(/C=C\N2CCCC2)c1OCc1ccccc1. The highest BCUT2D eigenvalue weighted by atomic mass is 16.6. The fourth-order valence-corrected chi connectivity index (χ4v) is 2.78. The molecule has 0 spiro atoms. The first-order valence-corrected chi connectivity index (χ1v) is 8.10. The lowest BCUT2D eigenvalue weighted by molar-refractivity contribution is -0.386. The second-order valence-corrected chi connectivity index (χ2v) is 5.79. The molecule has 2 aromatic carbocycles. The first-order valence-electron chi connectivity index (χ1n) is 8.10. The van der Waals surface area contributed by atoms with Crippen molar-refractivity contribution < 1.29 is 9.66 Å². The number of ether oxygens (including phenoxy) is 1. The van der Waals surface area contributed by atoms with E-state index >= 15 is 0 Å². The predicted molar refractivity (Wildman–Crippen MR) is 93.7 cm³/mol. The molecule has 0 radical (unpaired) electrons. The Labute approximate surface area is 141 Å². The summed E-state index contributed by atoms with van der Waals surface area (Å²) in [6.07, 6.45) is 6.29. The highest BCUT2D eigenvalue weighted by Gasteiger charge is 2.18. The van der Waals surface area contributed by atoms with Gasteiger partial charge in [-0.15, -0.1) is 0 Å². The van der Waals surface area contributed by atoms with E-state index in [4.69, 9.17) is 4.74 Å². The fourth-order valence-electron chi connectivity index (χ4n) is 2.78. The van der Waals surface area contributed by atoms with Crippen LogP contribution < -0.4 is 4.74 Å². The van der Waals surface area contributed by atoms with Gasteiger partial charge in [0.15, 0.2) is 0 Å². The second-order valence-electron chi connectivity index (χ2n) is 5.79. The van der Waals surface area contributed by atoms with Crippen LogP contribution in [-0.2, 0) is 6.61 Å². The number of rotatable bonds is 6. The maximum absolute atomic E-state index is 11.3. The molecule has 0 N–H and O–H groups in total. The van der Waals surface area contributed by atoms with Crippen LogP contribution in [0.15, 0.2) is 54.7 Å². The second kappa shape index (κ2) is 7.64. The van der Waals surface area contributed by atoms with Crippen molar-refractivity contribution in [3.8, 4) is 5.75 Å². The number of nitrogens with zero attached hydrogens (tertiary/aromatic N) is 2. The molecule has 5 heteroatoms. The third-order valence-corrected chi connectivity index (χ3v) is 4.05. The summed E-state index contributed by atoms with van der Waals surface area (Å²) >= 11 is 0. The minimum Gasteiger partial charge on any atom is -0.482 e. The Bertz CT molecular complexity index is 723. The van der Waals surface area contributed by atoms with Gasteiger partial charge in [-0.05, 0) is 30.7 Å². The Morgan fingerprint density at radius 3 is 2.54 bits per heavy atom. The molecule has 1 fully saturated rings. The van der Waals surface area contributed by atoms with Gasteiger partial charge < -0.3 is 9.64 Å². The number of benzene rings is 2. The molecule has 0 atom stereocenters. The molecule has 0 aromatic heterocycles. The summed E-state index contributed by atoms with van der Waals surface area (Å²) in [7, 11) is 0. The third kappa shape index (κ3) is 3.93. The van der Waals surface area contributed by atoms with E-state index in [1.807, 2.05) is 48.7 Å². The summed E-state index contributed by atoms with van der Waals surface area (Å²) in [5, 5.41) is 11.3. The summed E-state index contributed by atoms with van der Waals surface area (Å²) < 4.78 is 5.82. The van der Waals surface area contributed by atoms with Crippen molar-refractivity contribution in [2.45, 2.75) is 19.4 Å². The molecular formula is C19H20N2O3. The van der Waals surface area contributed by atoms with Gasteiger partial charge >= 0.3 is 5.69 Å². The van der Waals surface area contributed by atoms with E-state index in [1.165, 1.54) is 18.9 Å². The molecule has 0 amide bonds. The van der Waals surface area contributed by atoms with Crippen LogP contribution in [0.1, 0.15) is 24.0 Å². The van der Waals surface area contributed by atoms with E-state index < -0.39 is 4.92 Å². The average Bonchev–Trinajstić information content (AvgIpc) is 3.12. The average molecular weight is 324 g/mol. The molecule has 0 saturated carbocycles. The maximum atomic E-state index is 11.3. The number of likely N-dealkylation sites (tertiary alicyclic amines) is 1. The smallest absolute Gasteiger partial charge is 0.311 e. The van der Waals surface area contributed by atoms with Crippen molar-refractivity contribution in [2.24, 2.45) is 0 Å². The van der Waals surface area contributed by atoms with Crippen LogP contribution in [0.25, 0.3) is 6.08 Å². The van der Waals surface area contributed by atoms with Crippen molar-refractivity contribution in [3.63, 3.8) is 0 Å². The van der Waals surface area contributed by atoms with E-state index in [9.17, 15) is 10.1 Å². The van der Waals surface area contributed by atoms with E-state index in [0.717, 1.165) is 24.2 Å². The first kappa shape index (κ1) is 16.1. The van der Waals surface area contributed by atoms with Gasteiger partial charge in [-0.1, -0.05) is 42.5 Å². The lowest BCUT2D eigenvalue weighted by atomic mass is 10.1. The van der Waals surface area contributed by atoms with Crippen molar-refractivity contribution in [1.29, 1.82) is 0 Å². The van der Waals surface area contributed by atoms with Gasteiger partial charge in [0.2, 0.25) is 5.75 Å². The normalized spacial score (nSPS) is 14.2. The molecule has 0 aliphatic carbocycles. The highest BCUT2D eigenvalue weighted by molar-refractivity contribution is 5.64. The third-order valence-electron chi connectivity index (χ3n) is 4.05. The monoisotopic (exact) mass is 324 g/mol. The number of hydrogen-bond acceptors (Lipinski definition) is 4. The summed E-state index contributed by atoms with van der Waals surface area (Å²) in [6, 6.07) is 14.7. The molecule has 1 saturated heterocycles. The molecule has 1 aliphatic rings. The molecule has 24 heavy (non-hydrogen) atoms. The summed E-state index contributed by atoms with van der Waals surface area (Å²) in [5.74, 6) is 0.321. The van der Waals surface area contributed by atoms with Gasteiger partial charge in [0.1, 0.15) is 6.61 Å². The fraction of sp³-hybridized carbons (Fsp3) is 0.263. The maximum Gasteiger partial charge on any atom is 0.311 e. The lowest BCUT2D eigenvalue weighted by Gasteiger charge is -2.12. The Kier molecular flexibility index (Phi) is 5.11. The van der Waals surface area contributed by atoms with Gasteiger partial charge in [0.05, 0.1) is 4.92 Å². The zero-order chi connectivity index (χ0) is 16.8. The topological polar surface area (TPSA) is 55.6 Å². The molecular weight excluding hydrogens is 304 g/mol. The Morgan fingerprint density at radius 1 is 1.08 bits per heavy atom. The van der Waals surface area contributed by atoms with Crippen molar-refractivity contribution in [1.82, 2.24) is 4.90 Å². The summed E-state index contributed by atoms with van der Waals surface area (Å²) in [4.78, 5) is 13.2. The molecule has 5 nitrogen and oxygen atoms in total. The Hall–Kier alpha value is -2.82. The van der Waals surface area contributed by atoms with Gasteiger partial charge in [0, 0.05) is 24.7 Å². The number of nitro benzene ring substituents is 1. The molecule has 0 unspecified atom stereocenters. The number of hydrogen-bond donors (Lipinski definition) is 0. The lowest BCUT2D eigenvalue weighted by Crippen LogP contribution is -2.10. The zero-order valence-corrected chi connectivity index (χ0v) is 13.4. The molecule has 1 heterocycles. The predicted octanol–water partition coefficient (Wildman–Crippen LogP) is 4.24. The molecule has 124 valence electrons. The number of nitro groups is 1. The standard InChI is InChI=1S/C19H20N2O3/c22-21(23)18-10-6-9-17(11-14-20-12-4-5-13-20)19(18)24-15-16-7-2-1-3-8-16/h1-3,6-11,14H,4-5,12-13,15H2/b14-11-. The van der Waals surface area contributed by atoms with Crippen molar-refractivity contribution in [3.05, 3.63) is 76.0 Å². The van der Waals surface area contributed by atoms with Crippen LogP contribution in [0.4, 0.5) is 5.69 Å². The van der Waals surface area contributed by atoms with Crippen LogP contribution in [0.5, 0.6) is 5.75 Å². The van der Waals surface area contributed by atoms with Crippen LogP contribution >= 0.6 is 0 Å². The first-order chi connectivity index (χ1) is 11.7. The van der Waals surface area contributed by atoms with Crippen molar-refractivity contribution in [2.75, 3.05) is 13.1 Å². The molecule has 0 bridgehead atoms. The van der Waals surface area contributed by atoms with E-state index in [-0.39, 0.29) is 5.69 Å². The Balaban J connectivity index is 1.84. The van der Waals surface area contributed by atoms with E-state index in [0.29, 0.717) is 12.4 Å². The largest absolute Gasteiger partial charge is 0.482 e. The highest BCUT2D eigenvalue weighted by Crippen LogP contribution is 2.32. The van der Waals surface area contributed by atoms with E-state index in [1.54, 1.807) is 6.07 Å². The summed E-state index contributed by atoms with van der Waals surface area (Å²) in [6.45, 7) is 2.37. The van der Waals surface area contributed by atoms with Crippen LogP contribution in [0.3, 0.4) is 0 Å². The Morgan fingerprint density at radius 2 is 1.83 bits per heavy atom. The minimum atomic E-state index is -0.395. The zero-order valence-electron chi connectivity index (χ0n) is 13.4. The molecule has 1 aliphatic heterocycles. The van der Waals surface area contributed by atoms with Gasteiger partial charge in [-0.3, -0.25) is 10.1 Å². The molecule has 2 aromatic rings. The van der Waals surface area contributed by atoms with E-state index in [2.05, 4.69) is 4.90 Å². The van der Waals surface area contributed by atoms with Crippen LogP contribution in [0, 0.1) is 10.1 Å². The van der Waals surface area contributed by atoms with Gasteiger partial charge in [-0.25, -0.2) is 0 Å². The van der Waals surface area contributed by atoms with Crippen molar-refractivity contribution >= 4 is 11.8 Å². The minimum absolute atomic E-state index is 0.00509. The van der Waals surface area contributed by atoms with Crippen LogP contribution in [0.2, 0.25) is 0 Å². The van der Waals surface area contributed by atoms with Gasteiger partial charge in [-0.2, -0.15) is 0 Å². The van der Waals surface area contributed by atoms with Crippen LogP contribution in [-0.4, -0.2) is 22.9 Å². The quantitative estimate of drug-likeness (QED) is 0.589. The van der Waals surface area contributed by atoms with Gasteiger partial charge in [0.25, 0.3) is 0 Å². The number of para-hydroxylation sites is 1. The molecule has 3 rings (SSSR count). The summed E-state index contributed by atoms with van der Waals surface area (Å²) in [5.41, 5.74) is 1.70.